The van der Waals surface area contributed by atoms with Gasteiger partial charge >= 0.3 is 0 Å². The standard InChI is InChI=1S/C16H24N4/c1-2-8-17-10-13-9-14-12-19-20(16(14)18-11-13)15-6-4-3-5-7-15/h9,11-12,15,17H,2-8,10H2,1H3. The number of hydrogen-bond donors (Lipinski definition) is 1. The van der Waals surface area contributed by atoms with Crippen LogP contribution in [0.25, 0.3) is 11.0 Å². The van der Waals surface area contributed by atoms with E-state index in [2.05, 4.69) is 33.1 Å². The van der Waals surface area contributed by atoms with Crippen LogP contribution in [0.4, 0.5) is 0 Å². The molecule has 4 nitrogen and oxygen atoms in total. The Kier molecular flexibility index (Phi) is 4.31. The molecule has 0 bridgehead atoms. The van der Waals surface area contributed by atoms with E-state index in [4.69, 9.17) is 0 Å². The van der Waals surface area contributed by atoms with E-state index < -0.39 is 0 Å². The van der Waals surface area contributed by atoms with Crippen LogP contribution in [0.3, 0.4) is 0 Å². The molecule has 0 radical (unpaired) electrons. The van der Waals surface area contributed by atoms with Gasteiger partial charge in [0.05, 0.1) is 12.2 Å². The number of rotatable bonds is 5. The van der Waals surface area contributed by atoms with Crippen molar-refractivity contribution in [1.29, 1.82) is 0 Å². The zero-order chi connectivity index (χ0) is 13.8. The molecule has 20 heavy (non-hydrogen) atoms. The fraction of sp³-hybridized carbons (Fsp3) is 0.625. The molecule has 0 atom stereocenters. The van der Waals surface area contributed by atoms with E-state index in [0.29, 0.717) is 6.04 Å². The lowest BCUT2D eigenvalue weighted by Crippen LogP contribution is -2.15. The summed E-state index contributed by atoms with van der Waals surface area (Å²) in [5.74, 6) is 0. The van der Waals surface area contributed by atoms with Crippen LogP contribution in [0.5, 0.6) is 0 Å². The Bertz CT molecular complexity index is 555. The molecule has 0 aliphatic heterocycles. The minimum absolute atomic E-state index is 0.554. The van der Waals surface area contributed by atoms with E-state index in [1.165, 1.54) is 43.1 Å². The van der Waals surface area contributed by atoms with Gasteiger partial charge < -0.3 is 5.32 Å². The molecular formula is C16H24N4. The molecule has 0 unspecified atom stereocenters. The van der Waals surface area contributed by atoms with Crippen LogP contribution in [0, 0.1) is 0 Å². The van der Waals surface area contributed by atoms with Gasteiger partial charge in [-0.1, -0.05) is 26.2 Å². The van der Waals surface area contributed by atoms with Gasteiger partial charge in [0.2, 0.25) is 0 Å². The number of aromatic nitrogens is 3. The topological polar surface area (TPSA) is 42.7 Å². The molecule has 1 fully saturated rings. The summed E-state index contributed by atoms with van der Waals surface area (Å²) in [4.78, 5) is 4.66. The minimum atomic E-state index is 0.554. The SMILES string of the molecule is CCCNCc1cnc2c(cnn2C2CCCCC2)c1. The molecule has 0 aromatic carbocycles. The van der Waals surface area contributed by atoms with E-state index in [0.717, 1.165) is 25.2 Å². The van der Waals surface area contributed by atoms with E-state index in [-0.39, 0.29) is 0 Å². The normalized spacial score (nSPS) is 16.9. The van der Waals surface area contributed by atoms with Gasteiger partial charge in [0.15, 0.2) is 5.65 Å². The highest BCUT2D eigenvalue weighted by molar-refractivity contribution is 5.75. The van der Waals surface area contributed by atoms with E-state index in [1.807, 2.05) is 12.4 Å². The maximum Gasteiger partial charge on any atom is 0.157 e. The van der Waals surface area contributed by atoms with Crippen molar-refractivity contribution in [2.75, 3.05) is 6.54 Å². The molecule has 1 aliphatic rings. The highest BCUT2D eigenvalue weighted by atomic mass is 15.3. The third kappa shape index (κ3) is 2.85. The van der Waals surface area contributed by atoms with Gasteiger partial charge in [-0.05, 0) is 37.4 Å². The minimum Gasteiger partial charge on any atom is -0.313 e. The Morgan fingerprint density at radius 3 is 2.90 bits per heavy atom. The van der Waals surface area contributed by atoms with Crippen LogP contribution in [0.1, 0.15) is 57.1 Å². The van der Waals surface area contributed by atoms with Crippen molar-refractivity contribution < 1.29 is 0 Å². The van der Waals surface area contributed by atoms with Crippen molar-refractivity contribution in [1.82, 2.24) is 20.1 Å². The summed E-state index contributed by atoms with van der Waals surface area (Å²) in [6, 6.07) is 2.77. The summed E-state index contributed by atoms with van der Waals surface area (Å²) in [6.07, 6.45) is 11.6. The van der Waals surface area contributed by atoms with Crippen molar-refractivity contribution in [3.8, 4) is 0 Å². The van der Waals surface area contributed by atoms with Crippen LogP contribution in [-0.2, 0) is 6.54 Å². The average Bonchev–Trinajstić information content (AvgIpc) is 2.91. The van der Waals surface area contributed by atoms with Gasteiger partial charge in [-0.25, -0.2) is 9.67 Å². The number of nitrogens with one attached hydrogen (secondary N) is 1. The monoisotopic (exact) mass is 272 g/mol. The lowest BCUT2D eigenvalue weighted by molar-refractivity contribution is 0.336. The predicted octanol–water partition coefficient (Wildman–Crippen LogP) is 3.44. The van der Waals surface area contributed by atoms with Gasteiger partial charge in [0.25, 0.3) is 0 Å². The second-order valence-corrected chi connectivity index (χ2v) is 5.81. The van der Waals surface area contributed by atoms with Crippen LogP contribution in [0.15, 0.2) is 18.5 Å². The summed E-state index contributed by atoms with van der Waals surface area (Å²) in [6.45, 7) is 4.13. The fourth-order valence-corrected chi connectivity index (χ4v) is 3.08. The summed E-state index contributed by atoms with van der Waals surface area (Å²) in [7, 11) is 0. The highest BCUT2D eigenvalue weighted by Crippen LogP contribution is 2.29. The predicted molar refractivity (Wildman–Crippen MR) is 81.6 cm³/mol. The lowest BCUT2D eigenvalue weighted by Gasteiger charge is -2.22. The third-order valence-corrected chi connectivity index (χ3v) is 4.17. The van der Waals surface area contributed by atoms with Gasteiger partial charge in [0.1, 0.15) is 0 Å². The molecule has 108 valence electrons. The molecule has 0 saturated heterocycles. The molecular weight excluding hydrogens is 248 g/mol. The highest BCUT2D eigenvalue weighted by Gasteiger charge is 2.18. The van der Waals surface area contributed by atoms with Crippen molar-refractivity contribution in [3.05, 3.63) is 24.0 Å². The fourth-order valence-electron chi connectivity index (χ4n) is 3.08. The van der Waals surface area contributed by atoms with Crippen LogP contribution >= 0.6 is 0 Å². The molecule has 4 heteroatoms. The maximum atomic E-state index is 4.66. The molecule has 1 aliphatic carbocycles. The van der Waals surface area contributed by atoms with Gasteiger partial charge in [-0.3, -0.25) is 0 Å². The number of hydrogen-bond acceptors (Lipinski definition) is 3. The molecule has 1 saturated carbocycles. The molecule has 2 heterocycles. The number of fused-ring (bicyclic) bond motifs is 1. The molecule has 2 aromatic heterocycles. The van der Waals surface area contributed by atoms with Crippen LogP contribution in [-0.4, -0.2) is 21.3 Å². The summed E-state index contributed by atoms with van der Waals surface area (Å²) in [5, 5.41) is 9.18. The van der Waals surface area contributed by atoms with Crippen molar-refractivity contribution in [2.45, 2.75) is 58.0 Å². The van der Waals surface area contributed by atoms with Gasteiger partial charge in [0, 0.05) is 18.1 Å². The Labute approximate surface area is 120 Å². The third-order valence-electron chi connectivity index (χ3n) is 4.17. The van der Waals surface area contributed by atoms with E-state index >= 15 is 0 Å². The molecule has 0 spiro atoms. The first-order chi connectivity index (χ1) is 9.88. The zero-order valence-corrected chi connectivity index (χ0v) is 12.3. The molecule has 1 N–H and O–H groups in total. The van der Waals surface area contributed by atoms with Gasteiger partial charge in [-0.2, -0.15) is 5.10 Å². The Morgan fingerprint density at radius 1 is 1.25 bits per heavy atom. The Hall–Kier alpha value is -1.42. The largest absolute Gasteiger partial charge is 0.313 e. The zero-order valence-electron chi connectivity index (χ0n) is 12.3. The molecule has 3 rings (SSSR count). The van der Waals surface area contributed by atoms with Crippen LogP contribution in [0.2, 0.25) is 0 Å². The quantitative estimate of drug-likeness (QED) is 0.848. The smallest absolute Gasteiger partial charge is 0.157 e. The first-order valence-corrected chi connectivity index (χ1v) is 7.91. The second kappa shape index (κ2) is 6.35. The second-order valence-electron chi connectivity index (χ2n) is 5.81. The van der Waals surface area contributed by atoms with E-state index in [9.17, 15) is 0 Å². The summed E-state index contributed by atoms with van der Waals surface area (Å²) < 4.78 is 2.15. The maximum absolute atomic E-state index is 4.66. The first-order valence-electron chi connectivity index (χ1n) is 7.91. The molecule has 2 aromatic rings. The summed E-state index contributed by atoms with van der Waals surface area (Å²) >= 11 is 0. The summed E-state index contributed by atoms with van der Waals surface area (Å²) in [5.41, 5.74) is 2.30. The number of nitrogens with zero attached hydrogens (tertiary/aromatic N) is 3. The molecule has 0 amide bonds. The van der Waals surface area contributed by atoms with Crippen molar-refractivity contribution in [2.24, 2.45) is 0 Å². The Balaban J connectivity index is 1.78. The lowest BCUT2D eigenvalue weighted by atomic mass is 9.96. The van der Waals surface area contributed by atoms with E-state index in [1.54, 1.807) is 0 Å². The average molecular weight is 272 g/mol. The first kappa shape index (κ1) is 13.6. The van der Waals surface area contributed by atoms with Crippen LogP contribution < -0.4 is 5.32 Å². The van der Waals surface area contributed by atoms with Gasteiger partial charge in [-0.15, -0.1) is 0 Å². The van der Waals surface area contributed by atoms with Crippen molar-refractivity contribution >= 4 is 11.0 Å². The Morgan fingerprint density at radius 2 is 2.10 bits per heavy atom. The van der Waals surface area contributed by atoms with Crippen molar-refractivity contribution in [3.63, 3.8) is 0 Å². The number of pyridine rings is 1.